The number of piperidine rings is 1. The molecule has 1 fully saturated rings. The number of nitrogens with zero attached hydrogens (tertiary/aromatic N) is 4. The van der Waals surface area contributed by atoms with Crippen LogP contribution in [0.4, 0.5) is 5.82 Å². The number of rotatable bonds is 5. The molecule has 29 heavy (non-hydrogen) atoms. The summed E-state index contributed by atoms with van der Waals surface area (Å²) in [5, 5.41) is 3.29. The fraction of sp³-hybridized carbons (Fsp3) is 0.304. The third-order valence-corrected chi connectivity index (χ3v) is 5.10. The minimum atomic E-state index is -0.0305. The lowest BCUT2D eigenvalue weighted by Gasteiger charge is -2.30. The first-order valence-electron chi connectivity index (χ1n) is 10.1. The molecule has 1 N–H and O–H groups in total. The maximum Gasteiger partial charge on any atom is 0.272 e. The molecule has 0 radical (unpaired) electrons. The summed E-state index contributed by atoms with van der Waals surface area (Å²) in [5.74, 6) is 1.66. The van der Waals surface area contributed by atoms with Crippen LogP contribution < -0.4 is 5.32 Å². The largest absolute Gasteiger partial charge is 0.364 e. The smallest absolute Gasteiger partial charge is 0.272 e. The zero-order valence-corrected chi connectivity index (χ0v) is 16.6. The highest BCUT2D eigenvalue weighted by molar-refractivity contribution is 5.93. The predicted octanol–water partition coefficient (Wildman–Crippen LogP) is 4.02. The molecule has 1 amide bonds. The first-order valence-corrected chi connectivity index (χ1v) is 10.1. The molecule has 1 aliphatic rings. The van der Waals surface area contributed by atoms with Crippen LogP contribution in [0.1, 0.15) is 35.9 Å². The van der Waals surface area contributed by atoms with Crippen molar-refractivity contribution in [3.8, 4) is 11.4 Å². The number of amides is 1. The lowest BCUT2D eigenvalue weighted by molar-refractivity contribution is 0.0677. The molecule has 3 aromatic rings. The Morgan fingerprint density at radius 1 is 1.14 bits per heavy atom. The topological polar surface area (TPSA) is 71.0 Å². The number of nitrogens with one attached hydrogen (secondary N) is 1. The second-order valence-corrected chi connectivity index (χ2v) is 7.50. The van der Waals surface area contributed by atoms with Crippen molar-refractivity contribution in [1.29, 1.82) is 0 Å². The van der Waals surface area contributed by atoms with Crippen molar-refractivity contribution in [2.75, 3.05) is 18.4 Å². The molecule has 1 saturated heterocycles. The Morgan fingerprint density at radius 3 is 2.72 bits per heavy atom. The third-order valence-electron chi connectivity index (χ3n) is 5.10. The second-order valence-electron chi connectivity index (χ2n) is 7.50. The highest BCUT2D eigenvalue weighted by atomic mass is 16.2. The van der Waals surface area contributed by atoms with Gasteiger partial charge in [0.2, 0.25) is 0 Å². The van der Waals surface area contributed by atoms with Crippen molar-refractivity contribution in [3.05, 3.63) is 72.2 Å². The minimum Gasteiger partial charge on any atom is -0.364 e. The summed E-state index contributed by atoms with van der Waals surface area (Å²) in [6, 6.07) is 17.3. The van der Waals surface area contributed by atoms with Crippen LogP contribution in [0.3, 0.4) is 0 Å². The van der Waals surface area contributed by atoms with Crippen molar-refractivity contribution in [2.24, 2.45) is 5.92 Å². The Bertz CT molecular complexity index is 962. The Kier molecular flexibility index (Phi) is 5.79. The van der Waals surface area contributed by atoms with Gasteiger partial charge in [0.05, 0.1) is 12.2 Å². The molecule has 0 bridgehead atoms. The van der Waals surface area contributed by atoms with E-state index in [1.165, 1.54) is 6.42 Å². The first-order chi connectivity index (χ1) is 14.2. The molecule has 0 spiro atoms. The summed E-state index contributed by atoms with van der Waals surface area (Å²) in [5.41, 5.74) is 2.22. The first kappa shape index (κ1) is 19.1. The summed E-state index contributed by atoms with van der Waals surface area (Å²) in [6.45, 7) is 4.28. The number of benzene rings is 1. The van der Waals surface area contributed by atoms with E-state index in [9.17, 15) is 4.79 Å². The Balaban J connectivity index is 1.63. The van der Waals surface area contributed by atoms with Crippen LogP contribution in [-0.4, -0.2) is 38.8 Å². The van der Waals surface area contributed by atoms with E-state index < -0.39 is 0 Å². The van der Waals surface area contributed by atoms with Gasteiger partial charge in [0.25, 0.3) is 5.91 Å². The Hall–Kier alpha value is -3.28. The standard InChI is InChI=1S/C23H25N5O/c1-17-8-7-13-28(16-17)23(29)20-14-21(25-15-19-11-5-6-12-24-19)27-22(26-20)18-9-3-2-4-10-18/h2-6,9-12,14,17H,7-8,13,15-16H2,1H3,(H,25,26,27). The number of aromatic nitrogens is 3. The molecule has 2 aromatic heterocycles. The molecular formula is C23H25N5O. The van der Waals surface area contributed by atoms with Crippen molar-refractivity contribution in [2.45, 2.75) is 26.3 Å². The van der Waals surface area contributed by atoms with Crippen molar-refractivity contribution in [1.82, 2.24) is 19.9 Å². The van der Waals surface area contributed by atoms with Gasteiger partial charge in [-0.3, -0.25) is 9.78 Å². The predicted molar refractivity (Wildman–Crippen MR) is 113 cm³/mol. The zero-order chi connectivity index (χ0) is 20.1. The van der Waals surface area contributed by atoms with E-state index in [2.05, 4.69) is 27.2 Å². The van der Waals surface area contributed by atoms with E-state index in [4.69, 9.17) is 0 Å². The van der Waals surface area contributed by atoms with Crippen LogP contribution in [0, 0.1) is 5.92 Å². The fourth-order valence-electron chi connectivity index (χ4n) is 3.58. The van der Waals surface area contributed by atoms with Gasteiger partial charge in [-0.1, -0.05) is 43.3 Å². The second kappa shape index (κ2) is 8.82. The van der Waals surface area contributed by atoms with Gasteiger partial charge in [-0.15, -0.1) is 0 Å². The zero-order valence-electron chi connectivity index (χ0n) is 16.6. The van der Waals surface area contributed by atoms with Gasteiger partial charge in [0, 0.05) is 30.9 Å². The molecule has 1 atom stereocenters. The van der Waals surface area contributed by atoms with Crippen LogP contribution in [-0.2, 0) is 6.54 Å². The van der Waals surface area contributed by atoms with Crippen LogP contribution in [0.25, 0.3) is 11.4 Å². The van der Waals surface area contributed by atoms with Gasteiger partial charge in [-0.05, 0) is 30.9 Å². The summed E-state index contributed by atoms with van der Waals surface area (Å²) in [6.07, 6.45) is 3.97. The lowest BCUT2D eigenvalue weighted by Crippen LogP contribution is -2.39. The number of anilines is 1. The molecule has 6 heteroatoms. The average Bonchev–Trinajstić information content (AvgIpc) is 2.78. The molecule has 1 aliphatic heterocycles. The van der Waals surface area contributed by atoms with Crippen LogP contribution in [0.15, 0.2) is 60.8 Å². The van der Waals surface area contributed by atoms with E-state index >= 15 is 0 Å². The van der Waals surface area contributed by atoms with Crippen LogP contribution >= 0.6 is 0 Å². The molecule has 0 saturated carbocycles. The monoisotopic (exact) mass is 387 g/mol. The maximum absolute atomic E-state index is 13.2. The Labute approximate surface area is 171 Å². The van der Waals surface area contributed by atoms with E-state index in [0.717, 1.165) is 30.8 Å². The molecule has 6 nitrogen and oxygen atoms in total. The maximum atomic E-state index is 13.2. The van der Waals surface area contributed by atoms with E-state index in [1.54, 1.807) is 12.3 Å². The molecule has 4 rings (SSSR count). The molecule has 1 aromatic carbocycles. The Morgan fingerprint density at radius 2 is 1.97 bits per heavy atom. The normalized spacial score (nSPS) is 16.4. The number of hydrogen-bond donors (Lipinski definition) is 1. The molecule has 3 heterocycles. The van der Waals surface area contributed by atoms with Gasteiger partial charge in [0.15, 0.2) is 5.82 Å². The van der Waals surface area contributed by atoms with Crippen LogP contribution in [0.2, 0.25) is 0 Å². The number of carbonyl (C=O) groups excluding carboxylic acids is 1. The summed E-state index contributed by atoms with van der Waals surface area (Å²) >= 11 is 0. The quantitative estimate of drug-likeness (QED) is 0.716. The van der Waals surface area contributed by atoms with E-state index in [1.807, 2.05) is 53.4 Å². The third kappa shape index (κ3) is 4.77. The molecule has 148 valence electrons. The highest BCUT2D eigenvalue weighted by Gasteiger charge is 2.24. The van der Waals surface area contributed by atoms with Gasteiger partial charge >= 0.3 is 0 Å². The number of hydrogen-bond acceptors (Lipinski definition) is 5. The summed E-state index contributed by atoms with van der Waals surface area (Å²) < 4.78 is 0. The lowest BCUT2D eigenvalue weighted by atomic mass is 10.00. The van der Waals surface area contributed by atoms with Crippen molar-refractivity contribution in [3.63, 3.8) is 0 Å². The fourth-order valence-corrected chi connectivity index (χ4v) is 3.58. The number of pyridine rings is 1. The molecule has 0 aliphatic carbocycles. The van der Waals surface area contributed by atoms with E-state index in [0.29, 0.717) is 29.8 Å². The van der Waals surface area contributed by atoms with E-state index in [-0.39, 0.29) is 5.91 Å². The molecular weight excluding hydrogens is 362 g/mol. The SMILES string of the molecule is CC1CCCN(C(=O)c2cc(NCc3ccccn3)nc(-c3ccccc3)n2)C1. The summed E-state index contributed by atoms with van der Waals surface area (Å²) in [7, 11) is 0. The minimum absolute atomic E-state index is 0.0305. The van der Waals surface area contributed by atoms with Gasteiger partial charge in [0.1, 0.15) is 11.5 Å². The average molecular weight is 387 g/mol. The van der Waals surface area contributed by atoms with Crippen molar-refractivity contribution >= 4 is 11.7 Å². The van der Waals surface area contributed by atoms with Gasteiger partial charge in [-0.25, -0.2) is 9.97 Å². The molecule has 1 unspecified atom stereocenters. The summed E-state index contributed by atoms with van der Waals surface area (Å²) in [4.78, 5) is 28.6. The number of carbonyl (C=O) groups is 1. The number of likely N-dealkylation sites (tertiary alicyclic amines) is 1. The highest BCUT2D eigenvalue weighted by Crippen LogP contribution is 2.21. The van der Waals surface area contributed by atoms with Gasteiger partial charge < -0.3 is 10.2 Å². The van der Waals surface area contributed by atoms with Crippen LogP contribution in [0.5, 0.6) is 0 Å². The van der Waals surface area contributed by atoms with Crippen molar-refractivity contribution < 1.29 is 4.79 Å². The van der Waals surface area contributed by atoms with Gasteiger partial charge in [-0.2, -0.15) is 0 Å².